The molecule has 7 nitrogen and oxygen atoms in total. The van der Waals surface area contributed by atoms with Crippen LogP contribution in [0.2, 0.25) is 0 Å². The fourth-order valence-electron chi connectivity index (χ4n) is 2.77. The normalized spacial score (nSPS) is 20.8. The Hall–Kier alpha value is -2.54. The van der Waals surface area contributed by atoms with Crippen molar-refractivity contribution in [3.05, 3.63) is 36.0 Å². The fraction of sp³-hybridized carbons (Fsp3) is 0.444. The minimum Gasteiger partial charge on any atom is -0.419 e. The highest BCUT2D eigenvalue weighted by Crippen LogP contribution is 2.23. The van der Waals surface area contributed by atoms with Crippen molar-refractivity contribution in [1.29, 1.82) is 0 Å². The number of hydrogen-bond donors (Lipinski definition) is 1. The predicted molar refractivity (Wildman–Crippen MR) is 94.1 cm³/mol. The van der Waals surface area contributed by atoms with E-state index < -0.39 is 17.7 Å². The minimum atomic E-state index is -1.23. The molecule has 2 aliphatic rings. The molecule has 0 atom stereocenters. The lowest BCUT2D eigenvalue weighted by Gasteiger charge is -2.34. The molecular formula is C18H23N3O4. The highest BCUT2D eigenvalue weighted by molar-refractivity contribution is 6.15. The van der Waals surface area contributed by atoms with Gasteiger partial charge in [-0.15, -0.1) is 0 Å². The van der Waals surface area contributed by atoms with Gasteiger partial charge in [0.25, 0.3) is 5.79 Å². The first-order chi connectivity index (χ1) is 11.8. The monoisotopic (exact) mass is 345 g/mol. The Bertz CT molecular complexity index is 667. The van der Waals surface area contributed by atoms with E-state index in [-0.39, 0.29) is 5.57 Å². The van der Waals surface area contributed by atoms with Crippen molar-refractivity contribution in [3.63, 3.8) is 0 Å². The molecule has 2 heterocycles. The van der Waals surface area contributed by atoms with E-state index in [0.29, 0.717) is 0 Å². The molecule has 2 fully saturated rings. The van der Waals surface area contributed by atoms with Crippen LogP contribution in [0, 0.1) is 0 Å². The van der Waals surface area contributed by atoms with Crippen LogP contribution in [-0.4, -0.2) is 55.9 Å². The summed E-state index contributed by atoms with van der Waals surface area (Å²) in [5.74, 6) is -2.61. The molecule has 0 aliphatic carbocycles. The van der Waals surface area contributed by atoms with Crippen LogP contribution in [0.1, 0.15) is 13.8 Å². The number of rotatable bonds is 3. The number of ether oxygens (including phenoxy) is 2. The van der Waals surface area contributed by atoms with E-state index >= 15 is 0 Å². The Kier molecular flexibility index (Phi) is 4.67. The molecule has 2 saturated heterocycles. The number of benzene rings is 1. The fourth-order valence-corrected chi connectivity index (χ4v) is 2.77. The van der Waals surface area contributed by atoms with Crippen LogP contribution in [0.15, 0.2) is 36.0 Å². The van der Waals surface area contributed by atoms with E-state index in [9.17, 15) is 9.59 Å². The summed E-state index contributed by atoms with van der Waals surface area (Å²) in [4.78, 5) is 28.4. The van der Waals surface area contributed by atoms with Gasteiger partial charge in [0.15, 0.2) is 5.57 Å². The molecule has 0 amide bonds. The molecule has 25 heavy (non-hydrogen) atoms. The minimum absolute atomic E-state index is 0.150. The van der Waals surface area contributed by atoms with Gasteiger partial charge in [-0.05, 0) is 31.3 Å². The number of piperazine rings is 1. The lowest BCUT2D eigenvalue weighted by atomic mass is 10.2. The van der Waals surface area contributed by atoms with Crippen LogP contribution in [0.25, 0.3) is 0 Å². The first kappa shape index (κ1) is 17.3. The van der Waals surface area contributed by atoms with Crippen LogP contribution in [0.4, 0.5) is 11.4 Å². The van der Waals surface area contributed by atoms with Gasteiger partial charge in [0.05, 0.1) is 0 Å². The third kappa shape index (κ3) is 4.11. The van der Waals surface area contributed by atoms with Gasteiger partial charge in [0, 0.05) is 57.6 Å². The Balaban J connectivity index is 1.64. The van der Waals surface area contributed by atoms with Crippen LogP contribution in [0.3, 0.4) is 0 Å². The molecule has 1 aromatic rings. The SMILES string of the molecule is CN1CCN(c2ccc(NC=C3C(=O)OC(C)(C)OC3=O)cc2)CC1. The van der Waals surface area contributed by atoms with E-state index in [4.69, 9.17) is 9.47 Å². The average Bonchev–Trinajstić information content (AvgIpc) is 2.54. The van der Waals surface area contributed by atoms with Crippen molar-refractivity contribution in [2.75, 3.05) is 43.4 Å². The maximum absolute atomic E-state index is 11.9. The maximum atomic E-state index is 11.9. The smallest absolute Gasteiger partial charge is 0.350 e. The van der Waals surface area contributed by atoms with Gasteiger partial charge in [0.2, 0.25) is 0 Å². The van der Waals surface area contributed by atoms with E-state index in [1.165, 1.54) is 20.0 Å². The van der Waals surface area contributed by atoms with Crippen LogP contribution in [0.5, 0.6) is 0 Å². The molecule has 2 aliphatic heterocycles. The topological polar surface area (TPSA) is 71.1 Å². The van der Waals surface area contributed by atoms with Crippen LogP contribution in [-0.2, 0) is 19.1 Å². The number of cyclic esters (lactones) is 2. The lowest BCUT2D eigenvalue weighted by molar-refractivity contribution is -0.222. The Labute approximate surface area is 147 Å². The molecule has 0 spiro atoms. The molecule has 0 bridgehead atoms. The molecule has 1 aromatic carbocycles. The van der Waals surface area contributed by atoms with Crippen molar-refractivity contribution in [2.24, 2.45) is 0 Å². The molecule has 7 heteroatoms. The predicted octanol–water partition coefficient (Wildman–Crippen LogP) is 1.57. The first-order valence-electron chi connectivity index (χ1n) is 8.31. The number of carbonyl (C=O) groups excluding carboxylic acids is 2. The molecular weight excluding hydrogens is 322 g/mol. The van der Waals surface area contributed by atoms with E-state index in [1.54, 1.807) is 0 Å². The molecule has 3 rings (SSSR count). The zero-order valence-corrected chi connectivity index (χ0v) is 14.7. The van der Waals surface area contributed by atoms with Crippen molar-refractivity contribution in [2.45, 2.75) is 19.6 Å². The van der Waals surface area contributed by atoms with Gasteiger partial charge >= 0.3 is 11.9 Å². The van der Waals surface area contributed by atoms with E-state index in [0.717, 1.165) is 37.6 Å². The summed E-state index contributed by atoms with van der Waals surface area (Å²) in [6.45, 7) is 7.13. The molecule has 0 aromatic heterocycles. The number of nitrogens with zero attached hydrogens (tertiary/aromatic N) is 2. The van der Waals surface area contributed by atoms with Crippen molar-refractivity contribution < 1.29 is 19.1 Å². The van der Waals surface area contributed by atoms with Crippen molar-refractivity contribution in [3.8, 4) is 0 Å². The summed E-state index contributed by atoms with van der Waals surface area (Å²) < 4.78 is 10.1. The molecule has 0 unspecified atom stereocenters. The van der Waals surface area contributed by atoms with Gasteiger partial charge in [-0.2, -0.15) is 0 Å². The van der Waals surface area contributed by atoms with E-state index in [1.807, 2.05) is 24.3 Å². The van der Waals surface area contributed by atoms with Gasteiger partial charge in [-0.1, -0.05) is 0 Å². The second kappa shape index (κ2) is 6.76. The Morgan fingerprint density at radius 3 is 2.12 bits per heavy atom. The summed E-state index contributed by atoms with van der Waals surface area (Å²) in [7, 11) is 2.13. The highest BCUT2D eigenvalue weighted by atomic mass is 16.7. The average molecular weight is 345 g/mol. The summed E-state index contributed by atoms with van der Waals surface area (Å²) in [6, 6.07) is 7.86. The summed E-state index contributed by atoms with van der Waals surface area (Å²) >= 11 is 0. The zero-order valence-electron chi connectivity index (χ0n) is 14.7. The maximum Gasteiger partial charge on any atom is 0.350 e. The summed E-state index contributed by atoms with van der Waals surface area (Å²) in [5.41, 5.74) is 1.78. The number of nitrogens with one attached hydrogen (secondary N) is 1. The van der Waals surface area contributed by atoms with Crippen molar-refractivity contribution >= 4 is 23.3 Å². The van der Waals surface area contributed by atoms with Gasteiger partial charge in [0.1, 0.15) is 0 Å². The molecule has 0 radical (unpaired) electrons. The lowest BCUT2D eigenvalue weighted by Crippen LogP contribution is -2.44. The Morgan fingerprint density at radius 2 is 1.56 bits per heavy atom. The number of esters is 2. The van der Waals surface area contributed by atoms with Crippen LogP contribution < -0.4 is 10.2 Å². The second-order valence-electron chi connectivity index (χ2n) is 6.72. The molecule has 134 valence electrons. The summed E-state index contributed by atoms with van der Waals surface area (Å²) in [6.07, 6.45) is 1.32. The quantitative estimate of drug-likeness (QED) is 0.506. The highest BCUT2D eigenvalue weighted by Gasteiger charge is 2.38. The standard InChI is InChI=1S/C18H23N3O4/c1-18(2)24-16(22)15(17(23)25-18)12-19-13-4-6-14(7-5-13)21-10-8-20(3)9-11-21/h4-7,12,19H,8-11H2,1-3H3. The molecule has 1 N–H and O–H groups in total. The van der Waals surface area contributed by atoms with Gasteiger partial charge in [-0.3, -0.25) is 0 Å². The van der Waals surface area contributed by atoms with Gasteiger partial charge < -0.3 is 24.6 Å². The number of anilines is 2. The molecule has 0 saturated carbocycles. The van der Waals surface area contributed by atoms with Crippen molar-refractivity contribution in [1.82, 2.24) is 4.90 Å². The Morgan fingerprint density at radius 1 is 1.00 bits per heavy atom. The number of hydrogen-bond acceptors (Lipinski definition) is 7. The third-order valence-electron chi connectivity index (χ3n) is 4.24. The van der Waals surface area contributed by atoms with Crippen LogP contribution >= 0.6 is 0 Å². The number of carbonyl (C=O) groups is 2. The second-order valence-corrected chi connectivity index (χ2v) is 6.72. The summed E-state index contributed by atoms with van der Waals surface area (Å²) in [5, 5.41) is 2.95. The largest absolute Gasteiger partial charge is 0.419 e. The first-order valence-corrected chi connectivity index (χ1v) is 8.31. The zero-order chi connectivity index (χ0) is 18.0. The number of likely N-dealkylation sites (N-methyl/N-ethyl adjacent to an activating group) is 1. The van der Waals surface area contributed by atoms with Gasteiger partial charge in [-0.25, -0.2) is 9.59 Å². The van der Waals surface area contributed by atoms with E-state index in [2.05, 4.69) is 22.2 Å². The third-order valence-corrected chi connectivity index (χ3v) is 4.24.